The Labute approximate surface area is 317 Å². The van der Waals surface area contributed by atoms with Gasteiger partial charge in [0.1, 0.15) is 12.1 Å². The summed E-state index contributed by atoms with van der Waals surface area (Å²) in [7, 11) is -3.56. The average Bonchev–Trinajstić information content (AvgIpc) is 4.03. The van der Waals surface area contributed by atoms with E-state index >= 15 is 0 Å². The molecule has 0 bridgehead atoms. The van der Waals surface area contributed by atoms with Gasteiger partial charge in [-0.05, 0) is 102 Å². The lowest BCUT2D eigenvalue weighted by Gasteiger charge is -2.44. The van der Waals surface area contributed by atoms with Gasteiger partial charge in [0.15, 0.2) is 9.84 Å². The van der Waals surface area contributed by atoms with Gasteiger partial charge in [0.05, 0.1) is 22.1 Å². The number of amides is 5. The number of ketones is 1. The quantitative estimate of drug-likeness (QED) is 0.171. The first-order valence-corrected chi connectivity index (χ1v) is 22.3. The molecule has 1 saturated heterocycles. The molecule has 5 amide bonds. The summed E-state index contributed by atoms with van der Waals surface area (Å²) >= 11 is 0. The molecule has 4 aliphatic carbocycles. The number of rotatable bonds is 15. The zero-order valence-electron chi connectivity index (χ0n) is 33.2. The standard InChI is InChI=1S/C40H67N5O7S/c1-26(2)29-19-24-45(31(29)34(47)42-30(18-15-27-13-14-27)32(46)35(48)41-28-16-17-28)36(49)33(39(6)20-9-7-10-21-39)43-37(50)44-40(22-11-8-12-23-40)25-53(51,52)38(3,4)5/h26-31,33H,7-25H2,1-6H3,(H,41,48)(H,42,47)(H2,43,44,50)/t29?,30-,31-,33+/m0/s1. The molecule has 12 nitrogen and oxygen atoms in total. The minimum atomic E-state index is -3.56. The van der Waals surface area contributed by atoms with Crippen molar-refractivity contribution in [2.24, 2.45) is 23.2 Å². The Hall–Kier alpha value is -2.70. The van der Waals surface area contributed by atoms with Crippen molar-refractivity contribution in [1.29, 1.82) is 0 Å². The van der Waals surface area contributed by atoms with Gasteiger partial charge >= 0.3 is 6.03 Å². The molecule has 0 aromatic heterocycles. The first-order chi connectivity index (χ1) is 24.8. The fourth-order valence-electron chi connectivity index (χ4n) is 8.94. The van der Waals surface area contributed by atoms with Crippen molar-refractivity contribution in [3.05, 3.63) is 0 Å². The smallest absolute Gasteiger partial charge is 0.315 e. The Morgan fingerprint density at radius 1 is 0.830 bits per heavy atom. The third kappa shape index (κ3) is 10.3. The molecule has 1 aliphatic heterocycles. The highest BCUT2D eigenvalue weighted by Gasteiger charge is 2.51. The maximum atomic E-state index is 15.0. The van der Waals surface area contributed by atoms with Crippen LogP contribution < -0.4 is 21.3 Å². The molecule has 53 heavy (non-hydrogen) atoms. The second kappa shape index (κ2) is 16.6. The highest BCUT2D eigenvalue weighted by atomic mass is 32.2. The lowest BCUT2D eigenvalue weighted by Crippen LogP contribution is -2.64. The molecule has 4 N–H and O–H groups in total. The second-order valence-electron chi connectivity index (χ2n) is 18.8. The average molecular weight is 762 g/mol. The summed E-state index contributed by atoms with van der Waals surface area (Å²) in [5.74, 6) is -1.88. The van der Waals surface area contributed by atoms with Crippen LogP contribution in [0.25, 0.3) is 0 Å². The first kappa shape index (κ1) is 41.5. The molecule has 5 rings (SSSR count). The topological polar surface area (TPSA) is 171 Å². The van der Waals surface area contributed by atoms with E-state index in [1.807, 2.05) is 20.8 Å². The van der Waals surface area contributed by atoms with Crippen LogP contribution in [0.3, 0.4) is 0 Å². The molecule has 5 aliphatic rings. The van der Waals surface area contributed by atoms with Crippen molar-refractivity contribution in [1.82, 2.24) is 26.2 Å². The molecule has 0 spiro atoms. The SMILES string of the molecule is CC(C)C1CCN(C(=O)[C@@H](NC(=O)NC2(CS(=O)(=O)C(C)(C)C)CCCCC2)C2(C)CCCCC2)[C@@H]1C(=O)N[C@@H](CCC1CC1)C(=O)C(=O)NC1CC1. The normalized spacial score (nSPS) is 25.6. The van der Waals surface area contributed by atoms with E-state index in [1.165, 1.54) is 0 Å². The van der Waals surface area contributed by atoms with Crippen LogP contribution in [0.5, 0.6) is 0 Å². The van der Waals surface area contributed by atoms with Gasteiger partial charge < -0.3 is 26.2 Å². The Kier molecular flexibility index (Phi) is 13.0. The molecule has 1 heterocycles. The second-order valence-corrected chi connectivity index (χ2v) is 21.6. The van der Waals surface area contributed by atoms with E-state index in [0.717, 1.165) is 83.5 Å². The third-order valence-corrected chi connectivity index (χ3v) is 15.8. The number of nitrogens with one attached hydrogen (secondary N) is 4. The van der Waals surface area contributed by atoms with Gasteiger partial charge in [0.2, 0.25) is 17.6 Å². The predicted molar refractivity (Wildman–Crippen MR) is 205 cm³/mol. The lowest BCUT2D eigenvalue weighted by atomic mass is 9.70. The van der Waals surface area contributed by atoms with Crippen molar-refractivity contribution in [2.45, 2.75) is 185 Å². The molecule has 0 aromatic carbocycles. The molecule has 0 aromatic rings. The van der Waals surface area contributed by atoms with Crippen LogP contribution >= 0.6 is 0 Å². The summed E-state index contributed by atoms with van der Waals surface area (Å²) in [6.07, 6.45) is 13.5. The summed E-state index contributed by atoms with van der Waals surface area (Å²) in [5.41, 5.74) is -1.52. The van der Waals surface area contributed by atoms with Crippen molar-refractivity contribution < 1.29 is 32.4 Å². The highest BCUT2D eigenvalue weighted by Crippen LogP contribution is 2.42. The molecule has 4 saturated carbocycles. The van der Waals surface area contributed by atoms with Gasteiger partial charge in [-0.3, -0.25) is 19.2 Å². The summed E-state index contributed by atoms with van der Waals surface area (Å²) in [6, 6.07) is -3.34. The van der Waals surface area contributed by atoms with E-state index in [0.29, 0.717) is 38.1 Å². The van der Waals surface area contributed by atoms with Gasteiger partial charge in [-0.15, -0.1) is 0 Å². The van der Waals surface area contributed by atoms with E-state index in [-0.39, 0.29) is 29.5 Å². The number of likely N-dealkylation sites (tertiary alicyclic amines) is 1. The minimum absolute atomic E-state index is 0.0122. The van der Waals surface area contributed by atoms with Crippen LogP contribution in [-0.4, -0.2) is 89.6 Å². The Morgan fingerprint density at radius 3 is 1.98 bits per heavy atom. The summed E-state index contributed by atoms with van der Waals surface area (Å²) < 4.78 is 25.9. The first-order valence-electron chi connectivity index (χ1n) is 20.6. The van der Waals surface area contributed by atoms with Crippen LogP contribution in [0.2, 0.25) is 0 Å². The van der Waals surface area contributed by atoms with Crippen LogP contribution in [0.4, 0.5) is 4.79 Å². The molecule has 0 radical (unpaired) electrons. The van der Waals surface area contributed by atoms with Crippen LogP contribution in [0, 0.1) is 23.2 Å². The summed E-state index contributed by atoms with van der Waals surface area (Å²) in [6.45, 7) is 11.4. The molecule has 300 valence electrons. The van der Waals surface area contributed by atoms with Gasteiger partial charge in [0, 0.05) is 12.6 Å². The molecule has 1 unspecified atom stereocenters. The van der Waals surface area contributed by atoms with Crippen LogP contribution in [-0.2, 0) is 29.0 Å². The zero-order chi connectivity index (χ0) is 38.8. The maximum Gasteiger partial charge on any atom is 0.315 e. The Balaban J connectivity index is 1.39. The van der Waals surface area contributed by atoms with Gasteiger partial charge in [0.25, 0.3) is 5.91 Å². The summed E-state index contributed by atoms with van der Waals surface area (Å²) in [5, 5.41) is 11.9. The van der Waals surface area contributed by atoms with Crippen molar-refractivity contribution in [2.75, 3.05) is 12.3 Å². The molecular formula is C40H67N5O7S. The van der Waals surface area contributed by atoms with E-state index < -0.39 is 67.3 Å². The minimum Gasteiger partial charge on any atom is -0.347 e. The largest absolute Gasteiger partial charge is 0.347 e. The van der Waals surface area contributed by atoms with Crippen LogP contribution in [0.1, 0.15) is 151 Å². The number of urea groups is 1. The summed E-state index contributed by atoms with van der Waals surface area (Å²) in [4.78, 5) is 71.4. The van der Waals surface area contributed by atoms with Gasteiger partial charge in [-0.1, -0.05) is 72.1 Å². The number of hydrogen-bond acceptors (Lipinski definition) is 7. The van der Waals surface area contributed by atoms with Crippen molar-refractivity contribution >= 4 is 39.4 Å². The Bertz CT molecular complexity index is 1470. The van der Waals surface area contributed by atoms with Crippen molar-refractivity contribution in [3.63, 3.8) is 0 Å². The zero-order valence-corrected chi connectivity index (χ0v) is 34.0. The fourth-order valence-corrected chi connectivity index (χ4v) is 10.5. The maximum absolute atomic E-state index is 15.0. The number of carbonyl (C=O) groups is 5. The van der Waals surface area contributed by atoms with Gasteiger partial charge in [-0.25, -0.2) is 13.2 Å². The Morgan fingerprint density at radius 2 is 1.43 bits per heavy atom. The van der Waals surface area contributed by atoms with Gasteiger partial charge in [-0.2, -0.15) is 0 Å². The third-order valence-electron chi connectivity index (χ3n) is 13.0. The molecule has 4 atom stereocenters. The molecule has 5 fully saturated rings. The van der Waals surface area contributed by atoms with E-state index in [4.69, 9.17) is 0 Å². The van der Waals surface area contributed by atoms with Crippen LogP contribution in [0.15, 0.2) is 0 Å². The van der Waals surface area contributed by atoms with E-state index in [1.54, 1.807) is 25.7 Å². The number of carbonyl (C=O) groups excluding carboxylic acids is 5. The number of Topliss-reactive ketones (excluding diaryl/α,β-unsaturated/α-hetero) is 1. The predicted octanol–water partition coefficient (Wildman–Crippen LogP) is 4.94. The number of sulfone groups is 1. The monoisotopic (exact) mass is 761 g/mol. The van der Waals surface area contributed by atoms with E-state index in [9.17, 15) is 32.4 Å². The number of nitrogens with zero attached hydrogens (tertiary/aromatic N) is 1. The van der Waals surface area contributed by atoms with E-state index in [2.05, 4.69) is 21.3 Å². The highest BCUT2D eigenvalue weighted by molar-refractivity contribution is 7.92. The molecular weight excluding hydrogens is 695 g/mol. The fraction of sp³-hybridized carbons (Fsp3) is 0.875. The number of hydrogen-bond donors (Lipinski definition) is 4. The van der Waals surface area contributed by atoms with Crippen molar-refractivity contribution in [3.8, 4) is 0 Å². The molecule has 13 heteroatoms. The lowest BCUT2D eigenvalue weighted by molar-refractivity contribution is -0.145.